The zero-order chi connectivity index (χ0) is 20.8. The van der Waals surface area contributed by atoms with Gasteiger partial charge in [-0.15, -0.1) is 0 Å². The molecule has 9 heteroatoms. The lowest BCUT2D eigenvalue weighted by atomic mass is 10.2. The Labute approximate surface area is 172 Å². The summed E-state index contributed by atoms with van der Waals surface area (Å²) in [6, 6.07) is 12.5. The molecule has 0 unspecified atom stereocenters. The van der Waals surface area contributed by atoms with Crippen LogP contribution in [0.5, 0.6) is 5.88 Å². The summed E-state index contributed by atoms with van der Waals surface area (Å²) < 4.78 is 7.08. The van der Waals surface area contributed by atoms with Crippen LogP contribution in [-0.4, -0.2) is 37.0 Å². The summed E-state index contributed by atoms with van der Waals surface area (Å²) in [4.78, 5) is 29.0. The molecule has 30 heavy (non-hydrogen) atoms. The smallest absolute Gasteiger partial charge is 0.257 e. The molecule has 3 heterocycles. The summed E-state index contributed by atoms with van der Waals surface area (Å²) in [7, 11) is 0. The van der Waals surface area contributed by atoms with Gasteiger partial charge in [0, 0.05) is 42.1 Å². The third-order valence-electron chi connectivity index (χ3n) is 4.13. The van der Waals surface area contributed by atoms with Crippen LogP contribution in [0.1, 0.15) is 17.3 Å². The topological polar surface area (TPSA) is 107 Å². The maximum Gasteiger partial charge on any atom is 0.257 e. The Kier molecular flexibility index (Phi) is 5.61. The number of pyridine rings is 1. The van der Waals surface area contributed by atoms with Gasteiger partial charge in [0.2, 0.25) is 5.88 Å². The van der Waals surface area contributed by atoms with E-state index in [1.54, 1.807) is 41.4 Å². The number of ether oxygens (including phenoxy) is 1. The van der Waals surface area contributed by atoms with Crippen molar-refractivity contribution in [1.82, 2.24) is 24.5 Å². The van der Waals surface area contributed by atoms with Crippen LogP contribution in [0.25, 0.3) is 5.82 Å². The van der Waals surface area contributed by atoms with Gasteiger partial charge in [0.15, 0.2) is 0 Å². The van der Waals surface area contributed by atoms with Crippen LogP contribution in [-0.2, 0) is 0 Å². The highest BCUT2D eigenvalue weighted by molar-refractivity contribution is 6.04. The normalized spacial score (nSPS) is 10.4. The molecule has 0 aliphatic rings. The first-order valence-electron chi connectivity index (χ1n) is 9.29. The SMILES string of the molecule is CCOc1ccc(C(=O)Nc2ccc(Nc3cc(-n4ccnc4)ncn3)cc2)cn1. The summed E-state index contributed by atoms with van der Waals surface area (Å²) in [5, 5.41) is 6.06. The largest absolute Gasteiger partial charge is 0.478 e. The molecule has 0 saturated carbocycles. The van der Waals surface area contributed by atoms with Gasteiger partial charge in [0.25, 0.3) is 5.91 Å². The van der Waals surface area contributed by atoms with E-state index in [0.717, 1.165) is 5.69 Å². The fraction of sp³-hybridized carbons (Fsp3) is 0.0952. The molecule has 0 atom stereocenters. The molecule has 0 fully saturated rings. The minimum absolute atomic E-state index is 0.243. The van der Waals surface area contributed by atoms with E-state index in [9.17, 15) is 4.79 Å². The number of carbonyl (C=O) groups is 1. The van der Waals surface area contributed by atoms with Crippen LogP contribution < -0.4 is 15.4 Å². The highest BCUT2D eigenvalue weighted by Crippen LogP contribution is 2.19. The van der Waals surface area contributed by atoms with Crippen molar-refractivity contribution in [1.29, 1.82) is 0 Å². The number of rotatable bonds is 7. The van der Waals surface area contributed by atoms with E-state index in [2.05, 4.69) is 30.6 Å². The zero-order valence-electron chi connectivity index (χ0n) is 16.2. The maximum atomic E-state index is 12.4. The van der Waals surface area contributed by atoms with Crippen LogP contribution in [0, 0.1) is 0 Å². The predicted molar refractivity (Wildman–Crippen MR) is 112 cm³/mol. The minimum Gasteiger partial charge on any atom is -0.478 e. The number of hydrogen-bond acceptors (Lipinski definition) is 7. The number of anilines is 3. The van der Waals surface area contributed by atoms with Crippen molar-refractivity contribution >= 4 is 23.1 Å². The Bertz CT molecular complexity index is 1110. The summed E-state index contributed by atoms with van der Waals surface area (Å²) >= 11 is 0. The highest BCUT2D eigenvalue weighted by Gasteiger charge is 2.08. The molecule has 4 aromatic rings. The quantitative estimate of drug-likeness (QED) is 0.488. The van der Waals surface area contributed by atoms with Crippen molar-refractivity contribution in [2.45, 2.75) is 6.92 Å². The van der Waals surface area contributed by atoms with E-state index < -0.39 is 0 Å². The van der Waals surface area contributed by atoms with Crippen LogP contribution in [0.15, 0.2) is 73.7 Å². The third kappa shape index (κ3) is 4.58. The number of nitrogens with zero attached hydrogens (tertiary/aromatic N) is 5. The van der Waals surface area contributed by atoms with Crippen molar-refractivity contribution in [2.24, 2.45) is 0 Å². The fourth-order valence-electron chi connectivity index (χ4n) is 2.69. The average molecular weight is 401 g/mol. The van der Waals surface area contributed by atoms with Crippen LogP contribution >= 0.6 is 0 Å². The summed E-state index contributed by atoms with van der Waals surface area (Å²) in [6.07, 6.45) is 8.14. The molecule has 1 amide bonds. The molecule has 2 N–H and O–H groups in total. The molecule has 1 aromatic carbocycles. The maximum absolute atomic E-state index is 12.4. The van der Waals surface area contributed by atoms with Gasteiger partial charge >= 0.3 is 0 Å². The first-order chi connectivity index (χ1) is 14.7. The van der Waals surface area contributed by atoms with Gasteiger partial charge in [-0.25, -0.2) is 19.9 Å². The van der Waals surface area contributed by atoms with Crippen molar-refractivity contribution in [3.05, 3.63) is 79.3 Å². The van der Waals surface area contributed by atoms with E-state index in [1.165, 1.54) is 12.5 Å². The van der Waals surface area contributed by atoms with Gasteiger partial charge in [0.1, 0.15) is 24.3 Å². The molecule has 3 aromatic heterocycles. The number of aromatic nitrogens is 5. The molecule has 0 radical (unpaired) electrons. The number of imidazole rings is 1. The second kappa shape index (κ2) is 8.82. The number of hydrogen-bond donors (Lipinski definition) is 2. The van der Waals surface area contributed by atoms with Crippen molar-refractivity contribution < 1.29 is 9.53 Å². The fourth-order valence-corrected chi connectivity index (χ4v) is 2.69. The molecule has 0 bridgehead atoms. The molecule has 150 valence electrons. The first-order valence-corrected chi connectivity index (χ1v) is 9.29. The molecule has 0 aliphatic heterocycles. The number of amides is 1. The van der Waals surface area contributed by atoms with Gasteiger partial charge < -0.3 is 15.4 Å². The van der Waals surface area contributed by atoms with Crippen LogP contribution in [0.4, 0.5) is 17.2 Å². The molecule has 0 spiro atoms. The number of carbonyl (C=O) groups excluding carboxylic acids is 1. The van der Waals surface area contributed by atoms with Gasteiger partial charge in [-0.1, -0.05) is 0 Å². The average Bonchev–Trinajstić information content (AvgIpc) is 3.31. The Balaban J connectivity index is 1.39. The molecular formula is C21H19N7O2. The Morgan fingerprint density at radius 1 is 1.07 bits per heavy atom. The standard InChI is InChI=1S/C21H19N7O2/c1-2-30-20-8-3-15(12-23-20)21(29)27-17-6-4-16(5-7-17)26-18-11-19(25-13-24-18)28-10-9-22-14-28/h3-14H,2H2,1H3,(H,27,29)(H,24,25,26). The number of benzene rings is 1. The highest BCUT2D eigenvalue weighted by atomic mass is 16.5. The lowest BCUT2D eigenvalue weighted by Crippen LogP contribution is -2.12. The predicted octanol–water partition coefficient (Wildman–Crippen LogP) is 3.45. The molecule has 0 aliphatic carbocycles. The first kappa shape index (κ1) is 19.1. The zero-order valence-corrected chi connectivity index (χ0v) is 16.2. The Morgan fingerprint density at radius 2 is 1.90 bits per heavy atom. The monoisotopic (exact) mass is 401 g/mol. The van der Waals surface area contributed by atoms with Gasteiger partial charge in [-0.2, -0.15) is 0 Å². The lowest BCUT2D eigenvalue weighted by Gasteiger charge is -2.09. The van der Waals surface area contributed by atoms with Crippen LogP contribution in [0.3, 0.4) is 0 Å². The van der Waals surface area contributed by atoms with Gasteiger partial charge in [0.05, 0.1) is 12.2 Å². The molecule has 4 rings (SSSR count). The van der Waals surface area contributed by atoms with E-state index in [4.69, 9.17) is 4.74 Å². The second-order valence-corrected chi connectivity index (χ2v) is 6.21. The molecule has 0 saturated heterocycles. The number of nitrogens with one attached hydrogen (secondary N) is 2. The molecule has 9 nitrogen and oxygen atoms in total. The Hall–Kier alpha value is -4.27. The minimum atomic E-state index is -0.243. The van der Waals surface area contributed by atoms with Crippen molar-refractivity contribution in [3.63, 3.8) is 0 Å². The second-order valence-electron chi connectivity index (χ2n) is 6.21. The van der Waals surface area contributed by atoms with Gasteiger partial charge in [-0.05, 0) is 37.3 Å². The summed E-state index contributed by atoms with van der Waals surface area (Å²) in [5.74, 6) is 1.60. The third-order valence-corrected chi connectivity index (χ3v) is 4.13. The summed E-state index contributed by atoms with van der Waals surface area (Å²) in [5.41, 5.74) is 1.95. The van der Waals surface area contributed by atoms with E-state index in [1.807, 2.05) is 31.3 Å². The van der Waals surface area contributed by atoms with Crippen LogP contribution in [0.2, 0.25) is 0 Å². The van der Waals surface area contributed by atoms with Crippen molar-refractivity contribution in [2.75, 3.05) is 17.2 Å². The van der Waals surface area contributed by atoms with Gasteiger partial charge in [-0.3, -0.25) is 9.36 Å². The van der Waals surface area contributed by atoms with E-state index in [0.29, 0.717) is 35.4 Å². The Morgan fingerprint density at radius 3 is 2.60 bits per heavy atom. The van der Waals surface area contributed by atoms with Crippen molar-refractivity contribution in [3.8, 4) is 11.7 Å². The van der Waals surface area contributed by atoms with E-state index in [-0.39, 0.29) is 5.91 Å². The lowest BCUT2D eigenvalue weighted by molar-refractivity contribution is 0.102. The summed E-state index contributed by atoms with van der Waals surface area (Å²) in [6.45, 7) is 2.41. The molecular weight excluding hydrogens is 382 g/mol. The van der Waals surface area contributed by atoms with E-state index >= 15 is 0 Å².